The molecule has 0 radical (unpaired) electrons. The summed E-state index contributed by atoms with van der Waals surface area (Å²) < 4.78 is 39.5. The van der Waals surface area contributed by atoms with Crippen LogP contribution in [0.5, 0.6) is 5.75 Å². The molecule has 0 amide bonds. The summed E-state index contributed by atoms with van der Waals surface area (Å²) in [5.41, 5.74) is 3.68. The smallest absolute Gasteiger partial charge is 0.296 e. The molecule has 3 aliphatic rings. The maximum Gasteiger partial charge on any atom is 0.296 e. The zero-order valence-electron chi connectivity index (χ0n) is 22.2. The minimum Gasteiger partial charge on any atom is -0.483 e. The molecule has 10 heteroatoms. The summed E-state index contributed by atoms with van der Waals surface area (Å²) in [4.78, 5) is 11.6. The van der Waals surface area contributed by atoms with Crippen LogP contribution in [0.25, 0.3) is 11.3 Å². The van der Waals surface area contributed by atoms with Crippen LogP contribution in [-0.4, -0.2) is 72.3 Å². The van der Waals surface area contributed by atoms with Gasteiger partial charge in [-0.25, -0.2) is 18.7 Å². The van der Waals surface area contributed by atoms with E-state index >= 15 is 0 Å². The van der Waals surface area contributed by atoms with Crippen LogP contribution in [-0.2, 0) is 4.74 Å². The number of ether oxygens (including phenoxy) is 2. The maximum atomic E-state index is 14.2. The van der Waals surface area contributed by atoms with Crippen molar-refractivity contribution in [2.45, 2.75) is 43.2 Å². The minimum atomic E-state index is -3.00. The third-order valence-corrected chi connectivity index (χ3v) is 8.02. The Hall–Kier alpha value is -3.65. The van der Waals surface area contributed by atoms with Crippen LogP contribution < -0.4 is 15.4 Å². The fourth-order valence-corrected chi connectivity index (χ4v) is 5.60. The molecule has 0 saturated carbocycles. The van der Waals surface area contributed by atoms with E-state index in [9.17, 15) is 14.0 Å². The van der Waals surface area contributed by atoms with Crippen molar-refractivity contribution in [1.29, 1.82) is 5.26 Å². The fraction of sp³-hybridized carbons (Fsp3) is 0.433. The van der Waals surface area contributed by atoms with E-state index < -0.39 is 18.6 Å². The van der Waals surface area contributed by atoms with Crippen molar-refractivity contribution in [3.63, 3.8) is 0 Å². The number of nitriles is 1. The number of hydrogen-bond donors (Lipinski definition) is 2. The van der Waals surface area contributed by atoms with Gasteiger partial charge in [-0.05, 0) is 80.4 Å². The molecule has 3 aromatic rings. The molecule has 3 aliphatic heterocycles. The van der Waals surface area contributed by atoms with Gasteiger partial charge < -0.3 is 20.1 Å². The van der Waals surface area contributed by atoms with Crippen molar-refractivity contribution in [1.82, 2.24) is 20.2 Å². The van der Waals surface area contributed by atoms with Gasteiger partial charge in [-0.2, -0.15) is 5.26 Å². The molecule has 8 nitrogen and oxygen atoms in total. The van der Waals surface area contributed by atoms with Gasteiger partial charge in [0.1, 0.15) is 11.8 Å². The summed E-state index contributed by atoms with van der Waals surface area (Å²) in [7, 11) is 0. The van der Waals surface area contributed by atoms with E-state index in [-0.39, 0.29) is 17.7 Å². The molecular weight excluding hydrogens is 514 g/mol. The van der Waals surface area contributed by atoms with E-state index in [0.29, 0.717) is 35.7 Å². The Morgan fingerprint density at radius 1 is 1.10 bits per heavy atom. The normalized spacial score (nSPS) is 21.8. The third-order valence-electron chi connectivity index (χ3n) is 8.02. The number of aromatic nitrogens is 2. The van der Waals surface area contributed by atoms with Crippen molar-refractivity contribution in [3.8, 4) is 23.1 Å². The van der Waals surface area contributed by atoms with Crippen LogP contribution >= 0.6 is 0 Å². The molecule has 2 N–H and O–H groups in total. The van der Waals surface area contributed by atoms with E-state index in [1.165, 1.54) is 5.56 Å². The van der Waals surface area contributed by atoms with Crippen LogP contribution in [0.4, 0.5) is 20.4 Å². The molecule has 40 heavy (non-hydrogen) atoms. The number of alkyl halides is 2. The largest absolute Gasteiger partial charge is 0.483 e. The van der Waals surface area contributed by atoms with E-state index in [4.69, 9.17) is 9.47 Å². The van der Waals surface area contributed by atoms with Gasteiger partial charge in [0.2, 0.25) is 5.95 Å². The number of anilines is 2. The molecule has 1 unspecified atom stereocenters. The second-order valence-corrected chi connectivity index (χ2v) is 10.7. The Morgan fingerprint density at radius 2 is 1.95 bits per heavy atom. The van der Waals surface area contributed by atoms with Gasteiger partial charge in [0.25, 0.3) is 5.92 Å². The predicted octanol–water partition coefficient (Wildman–Crippen LogP) is 4.71. The van der Waals surface area contributed by atoms with Crippen molar-refractivity contribution in [2.24, 2.45) is 0 Å². The van der Waals surface area contributed by atoms with Crippen LogP contribution in [0.1, 0.15) is 36.3 Å². The molecule has 0 bridgehead atoms. The first-order valence-corrected chi connectivity index (χ1v) is 13.8. The number of likely N-dealkylation sites (tertiary alicyclic amines) is 1. The number of halogens is 2. The fourth-order valence-electron chi connectivity index (χ4n) is 5.60. The highest BCUT2D eigenvalue weighted by Gasteiger charge is 2.43. The first-order valence-electron chi connectivity index (χ1n) is 13.8. The zero-order valence-corrected chi connectivity index (χ0v) is 22.2. The summed E-state index contributed by atoms with van der Waals surface area (Å²) in [5.74, 6) is -1.91. The van der Waals surface area contributed by atoms with Gasteiger partial charge in [-0.15, -0.1) is 0 Å². The highest BCUT2D eigenvalue weighted by molar-refractivity contribution is 5.66. The second-order valence-electron chi connectivity index (χ2n) is 10.7. The molecule has 4 heterocycles. The molecule has 3 fully saturated rings. The van der Waals surface area contributed by atoms with Crippen molar-refractivity contribution in [2.75, 3.05) is 44.7 Å². The van der Waals surface area contributed by atoms with Gasteiger partial charge in [0.05, 0.1) is 37.1 Å². The first-order chi connectivity index (χ1) is 19.5. The van der Waals surface area contributed by atoms with Gasteiger partial charge in [0.15, 0.2) is 6.10 Å². The summed E-state index contributed by atoms with van der Waals surface area (Å²) in [5, 5.41) is 15.7. The Kier molecular flexibility index (Phi) is 7.61. The topological polar surface area (TPSA) is 95.3 Å². The lowest BCUT2D eigenvalue weighted by molar-refractivity contribution is -0.109. The average Bonchev–Trinajstić information content (AvgIpc) is 2.94. The van der Waals surface area contributed by atoms with Gasteiger partial charge in [-0.1, -0.05) is 12.1 Å². The summed E-state index contributed by atoms with van der Waals surface area (Å²) in [6.45, 7) is 3.90. The standard InChI is InChI=1S/C30H32F2N6O2/c31-30(32)19-34-10-7-28(30)40-27-5-4-22(14-23(27)16-33)26-6-11-35-29(37-26)36-24-3-1-2-21(15-24)20-8-12-38(13-9-20)25-17-39-18-25/h1-6,11,14-15,20,25,28,34H,7-10,12-13,17-19H2,(H,35,36,37). The Bertz CT molecular complexity index is 1380. The number of benzene rings is 2. The number of piperidine rings is 2. The zero-order chi connectivity index (χ0) is 27.5. The molecule has 0 spiro atoms. The lowest BCUT2D eigenvalue weighted by Crippen LogP contribution is -2.52. The van der Waals surface area contributed by atoms with E-state index in [1.807, 2.05) is 6.07 Å². The average molecular weight is 547 g/mol. The molecular formula is C30H32F2N6O2. The Labute approximate surface area is 232 Å². The molecule has 6 rings (SSSR count). The predicted molar refractivity (Wildman–Crippen MR) is 147 cm³/mol. The lowest BCUT2D eigenvalue weighted by Gasteiger charge is -2.41. The number of hydrogen-bond acceptors (Lipinski definition) is 8. The van der Waals surface area contributed by atoms with Crippen molar-refractivity contribution < 1.29 is 18.3 Å². The van der Waals surface area contributed by atoms with E-state index in [0.717, 1.165) is 44.8 Å². The Balaban J connectivity index is 1.14. The molecule has 208 valence electrons. The molecule has 0 aliphatic carbocycles. The molecule has 3 saturated heterocycles. The van der Waals surface area contributed by atoms with Crippen LogP contribution in [0.2, 0.25) is 0 Å². The monoisotopic (exact) mass is 546 g/mol. The first kappa shape index (κ1) is 26.6. The quantitative estimate of drug-likeness (QED) is 0.440. The summed E-state index contributed by atoms with van der Waals surface area (Å²) in [6, 6.07) is 17.7. The van der Waals surface area contributed by atoms with Gasteiger partial charge in [-0.3, -0.25) is 4.90 Å². The van der Waals surface area contributed by atoms with E-state index in [2.05, 4.69) is 49.8 Å². The van der Waals surface area contributed by atoms with Gasteiger partial charge >= 0.3 is 0 Å². The van der Waals surface area contributed by atoms with Gasteiger partial charge in [0, 0.05) is 23.9 Å². The highest BCUT2D eigenvalue weighted by atomic mass is 19.3. The number of nitrogens with one attached hydrogen (secondary N) is 2. The minimum absolute atomic E-state index is 0.147. The molecule has 2 aromatic carbocycles. The van der Waals surface area contributed by atoms with Crippen LogP contribution in [0.15, 0.2) is 54.7 Å². The number of nitrogens with zero attached hydrogens (tertiary/aromatic N) is 4. The lowest BCUT2D eigenvalue weighted by atomic mass is 9.88. The third kappa shape index (κ3) is 5.77. The SMILES string of the molecule is N#Cc1cc(-c2ccnc(Nc3cccc(C4CCN(C5COC5)CC4)c3)n2)ccc1OC1CCNCC1(F)F. The van der Waals surface area contributed by atoms with Crippen molar-refractivity contribution >= 4 is 11.6 Å². The van der Waals surface area contributed by atoms with Crippen LogP contribution in [0, 0.1) is 11.3 Å². The Morgan fingerprint density at radius 3 is 2.70 bits per heavy atom. The molecule has 1 atom stereocenters. The van der Waals surface area contributed by atoms with Crippen LogP contribution in [0.3, 0.4) is 0 Å². The second kappa shape index (κ2) is 11.5. The highest BCUT2D eigenvalue weighted by Crippen LogP contribution is 2.33. The number of rotatable bonds is 7. The molecule has 1 aromatic heterocycles. The van der Waals surface area contributed by atoms with Crippen molar-refractivity contribution in [3.05, 3.63) is 65.9 Å². The maximum absolute atomic E-state index is 14.2. The summed E-state index contributed by atoms with van der Waals surface area (Å²) >= 11 is 0. The summed E-state index contributed by atoms with van der Waals surface area (Å²) in [6.07, 6.45) is 2.80. The van der Waals surface area contributed by atoms with E-state index in [1.54, 1.807) is 30.5 Å².